The van der Waals surface area contributed by atoms with Crippen LogP contribution in [0.25, 0.3) is 0 Å². The van der Waals surface area contributed by atoms with Gasteiger partial charge in [-0.1, -0.05) is 0 Å². The van der Waals surface area contributed by atoms with Crippen LogP contribution in [0.15, 0.2) is 0 Å². The second kappa shape index (κ2) is 14.2. The number of hydrogen-bond donors (Lipinski definition) is 0. The number of rotatable bonds is 8. The van der Waals surface area contributed by atoms with Gasteiger partial charge in [-0.2, -0.15) is 0 Å². The summed E-state index contributed by atoms with van der Waals surface area (Å²) in [6.07, 6.45) is 0. The molecule has 0 spiro atoms. The van der Waals surface area contributed by atoms with Crippen LogP contribution in [0.5, 0.6) is 0 Å². The fraction of sp³-hybridized carbons (Fsp3) is 1.00. The van der Waals surface area contributed by atoms with Gasteiger partial charge in [-0.25, -0.2) is 0 Å². The molecular formula is C5H8As4I8. The first-order valence-corrected chi connectivity index (χ1v) is 55.1. The van der Waals surface area contributed by atoms with Gasteiger partial charge in [0.1, 0.15) is 0 Å². The molecule has 0 aliphatic heterocycles. The van der Waals surface area contributed by atoms with Gasteiger partial charge in [-0.15, -0.1) is 0 Å². The third-order valence-electron chi connectivity index (χ3n) is 1.82. The van der Waals surface area contributed by atoms with E-state index in [1.54, 1.807) is 20.8 Å². The van der Waals surface area contributed by atoms with Crippen molar-refractivity contribution in [3.8, 4) is 0 Å². The van der Waals surface area contributed by atoms with Crippen molar-refractivity contribution in [2.45, 2.75) is 20.8 Å². The molecule has 0 nitrogen and oxygen atoms in total. The van der Waals surface area contributed by atoms with Gasteiger partial charge in [0.25, 0.3) is 0 Å². The van der Waals surface area contributed by atoms with Crippen molar-refractivity contribution in [2.24, 2.45) is 5.41 Å². The Morgan fingerprint density at radius 1 is 0.471 bits per heavy atom. The molecule has 0 fully saturated rings. The molecule has 0 radical (unpaired) electrons. The third-order valence-corrected chi connectivity index (χ3v) is 23.6. The molecule has 0 aromatic carbocycles. The predicted molar refractivity (Wildman–Crippen MR) is 157 cm³/mol. The first-order chi connectivity index (χ1) is 7.67. The molecule has 0 saturated heterocycles. The van der Waals surface area contributed by atoms with Crippen molar-refractivity contribution in [1.82, 2.24) is 0 Å². The minimum absolute atomic E-state index is 0.547. The monoisotopic (exact) mass is 1380 g/mol. The molecule has 0 rings (SSSR count). The maximum absolute atomic E-state index is 2.77. The van der Waals surface area contributed by atoms with Crippen LogP contribution in [-0.2, 0) is 0 Å². The average Bonchev–Trinajstić information content (AvgIpc) is 1.95. The Labute approximate surface area is 211 Å². The average molecular weight is 1380 g/mol. The molecule has 0 aliphatic carbocycles. The molecule has 0 amide bonds. The van der Waals surface area contributed by atoms with Gasteiger partial charge in [0, 0.05) is 0 Å². The van der Waals surface area contributed by atoms with Crippen molar-refractivity contribution in [3.63, 3.8) is 0 Å². The van der Waals surface area contributed by atoms with Gasteiger partial charge >= 0.3 is 219 Å². The molecule has 12 heteroatoms. The molecule has 0 aliphatic rings. The van der Waals surface area contributed by atoms with E-state index < -0.39 is 31.8 Å². The van der Waals surface area contributed by atoms with Crippen LogP contribution in [0.3, 0.4) is 0 Å². The molecule has 0 aromatic heterocycles. The van der Waals surface area contributed by atoms with Gasteiger partial charge in [0.05, 0.1) is 0 Å². The van der Waals surface area contributed by atoms with Gasteiger partial charge < -0.3 is 0 Å². The van der Waals surface area contributed by atoms with Crippen LogP contribution >= 0.6 is 161 Å². The van der Waals surface area contributed by atoms with E-state index in [1.807, 2.05) is 0 Å². The molecule has 0 N–H and O–H groups in total. The van der Waals surface area contributed by atoms with Crippen molar-refractivity contribution >= 4 is 193 Å². The first-order valence-electron chi connectivity index (χ1n) is 4.03. The summed E-state index contributed by atoms with van der Waals surface area (Å²) in [6.45, 7) is 0. The quantitative estimate of drug-likeness (QED) is 0.176. The SMILES string of the molecule is I[As](I)CC(C[As](I)I)(C[As](I)I)C[As](I)I. The van der Waals surface area contributed by atoms with E-state index in [1.165, 1.54) is 0 Å². The Morgan fingerprint density at radius 2 is 0.647 bits per heavy atom. The molecule has 104 valence electrons. The van der Waals surface area contributed by atoms with Crippen molar-refractivity contribution in [2.75, 3.05) is 0 Å². The van der Waals surface area contributed by atoms with E-state index in [4.69, 9.17) is 0 Å². The maximum atomic E-state index is 2.77. The van der Waals surface area contributed by atoms with Gasteiger partial charge in [-0.3, -0.25) is 0 Å². The normalized spacial score (nSPS) is 13.4. The minimum atomic E-state index is -0.547. The summed E-state index contributed by atoms with van der Waals surface area (Å²) in [7, 11) is -2.19. The second-order valence-corrected chi connectivity index (χ2v) is 97.9. The summed E-state index contributed by atoms with van der Waals surface area (Å²) in [5.41, 5.74) is 0.787. The fourth-order valence-electron chi connectivity index (χ4n) is 1.31. The van der Waals surface area contributed by atoms with E-state index >= 15 is 0 Å². The molecule has 0 unspecified atom stereocenters. The Kier molecular flexibility index (Phi) is 20.9. The standard InChI is InChI=1S/C5H8As4I8/c10-6(11)1-5(2-7(12)13,3-8(14)15)4-9(16)17/h1-4H2. The van der Waals surface area contributed by atoms with Gasteiger partial charge in [-0.05, 0) is 0 Å². The summed E-state index contributed by atoms with van der Waals surface area (Å²) in [4.78, 5) is 0. The number of hydrogen-bond acceptors (Lipinski definition) is 0. The van der Waals surface area contributed by atoms with Crippen molar-refractivity contribution in [3.05, 3.63) is 0 Å². The zero-order valence-electron chi connectivity index (χ0n) is 8.14. The van der Waals surface area contributed by atoms with Crippen molar-refractivity contribution < 1.29 is 0 Å². The zero-order valence-corrected chi connectivity index (χ0v) is 32.9. The molecule has 0 atom stereocenters. The van der Waals surface area contributed by atoms with E-state index in [0.717, 1.165) is 5.41 Å². The molecule has 0 aromatic rings. The van der Waals surface area contributed by atoms with Crippen LogP contribution in [0, 0.1) is 5.41 Å². The summed E-state index contributed by atoms with van der Waals surface area (Å²) in [5.74, 6) is 0. The summed E-state index contributed by atoms with van der Waals surface area (Å²) >= 11 is 22.2. The van der Waals surface area contributed by atoms with Gasteiger partial charge in [0.15, 0.2) is 0 Å². The van der Waals surface area contributed by atoms with E-state index in [-0.39, 0.29) is 0 Å². The Bertz CT molecular complexity index is 167. The summed E-state index contributed by atoms with van der Waals surface area (Å²) in [6, 6.07) is 0. The molecular weight excluding hydrogens is 1370 g/mol. The van der Waals surface area contributed by atoms with Crippen LogP contribution in [0.4, 0.5) is 0 Å². The third kappa shape index (κ3) is 14.9. The van der Waals surface area contributed by atoms with Crippen molar-refractivity contribution in [1.29, 1.82) is 0 Å². The van der Waals surface area contributed by atoms with Gasteiger partial charge in [0.2, 0.25) is 0 Å². The molecule has 0 saturated carbocycles. The Hall–Kier alpha value is 8.07. The summed E-state index contributed by atoms with van der Waals surface area (Å²) in [5, 5.41) is 6.42. The zero-order chi connectivity index (χ0) is 13.6. The Morgan fingerprint density at radius 3 is 0.765 bits per heavy atom. The van der Waals surface area contributed by atoms with Crippen LogP contribution in [0.1, 0.15) is 0 Å². The molecule has 0 heterocycles. The predicted octanol–water partition coefficient (Wildman–Crippen LogP) is 7.41. The van der Waals surface area contributed by atoms with E-state index in [2.05, 4.69) is 161 Å². The summed E-state index contributed by atoms with van der Waals surface area (Å²) < 4.78 is 0. The topological polar surface area (TPSA) is 0 Å². The molecule has 0 bridgehead atoms. The van der Waals surface area contributed by atoms with Crippen LogP contribution < -0.4 is 0 Å². The van der Waals surface area contributed by atoms with E-state index in [9.17, 15) is 0 Å². The number of halogens is 8. The first kappa shape index (κ1) is 25.1. The van der Waals surface area contributed by atoms with E-state index in [0.29, 0.717) is 0 Å². The van der Waals surface area contributed by atoms with Crippen LogP contribution in [-0.4, -0.2) is 31.8 Å². The second-order valence-electron chi connectivity index (χ2n) is 3.34. The van der Waals surface area contributed by atoms with Crippen LogP contribution in [0.2, 0.25) is 20.8 Å². The molecule has 17 heavy (non-hydrogen) atoms. The Balaban J connectivity index is 4.89. The fourth-order valence-corrected chi connectivity index (χ4v) is 43.5.